The smallest absolute Gasteiger partial charge is 0.276 e. The number of hydrogen-bond donors (Lipinski definition) is 3. The fourth-order valence-corrected chi connectivity index (χ4v) is 3.46. The highest BCUT2D eigenvalue weighted by Gasteiger charge is 2.21. The molecule has 1 aromatic carbocycles. The average Bonchev–Trinajstić information content (AvgIpc) is 2.70. The van der Waals surface area contributed by atoms with Crippen molar-refractivity contribution in [2.24, 2.45) is 5.92 Å². The van der Waals surface area contributed by atoms with Gasteiger partial charge >= 0.3 is 0 Å². The van der Waals surface area contributed by atoms with E-state index in [1.54, 1.807) is 6.07 Å². The van der Waals surface area contributed by atoms with Gasteiger partial charge in [-0.2, -0.15) is 0 Å². The zero-order valence-electron chi connectivity index (χ0n) is 15.5. The molecule has 148 valence electrons. The number of carbonyl (C=O) groups is 3. The second kappa shape index (κ2) is 10.9. The lowest BCUT2D eigenvalue weighted by molar-refractivity contribution is -0.131. The van der Waals surface area contributed by atoms with Gasteiger partial charge in [-0.3, -0.25) is 25.2 Å². The Morgan fingerprint density at radius 2 is 1.81 bits per heavy atom. The summed E-state index contributed by atoms with van der Waals surface area (Å²) in [5.74, 6) is -0.533. The lowest BCUT2D eigenvalue weighted by Gasteiger charge is -2.20. The molecule has 1 saturated carbocycles. The fourth-order valence-electron chi connectivity index (χ4n) is 2.92. The molecule has 0 saturated heterocycles. The van der Waals surface area contributed by atoms with Crippen LogP contribution < -0.4 is 20.9 Å². The maximum Gasteiger partial charge on any atom is 0.276 e. The number of rotatable bonds is 7. The first-order valence-electron chi connectivity index (χ1n) is 9.26. The van der Waals surface area contributed by atoms with Gasteiger partial charge in [0.05, 0.1) is 11.0 Å². The molecule has 0 heterocycles. The minimum atomic E-state index is -0.492. The quantitative estimate of drug-likeness (QED) is 0.567. The molecule has 3 amide bonds. The van der Waals surface area contributed by atoms with E-state index in [-0.39, 0.29) is 25.0 Å². The van der Waals surface area contributed by atoms with Gasteiger partial charge in [0.15, 0.2) is 6.61 Å². The molecule has 0 bridgehead atoms. The Balaban J connectivity index is 1.64. The van der Waals surface area contributed by atoms with Crippen LogP contribution in [0.15, 0.2) is 22.7 Å². The normalized spacial score (nSPS) is 14.3. The minimum absolute atomic E-state index is 0.00733. The van der Waals surface area contributed by atoms with Crippen LogP contribution in [0.3, 0.4) is 0 Å². The van der Waals surface area contributed by atoms with Crippen molar-refractivity contribution < 1.29 is 19.1 Å². The molecule has 3 N–H and O–H groups in total. The van der Waals surface area contributed by atoms with Gasteiger partial charge in [-0.15, -0.1) is 0 Å². The zero-order chi connectivity index (χ0) is 19.6. The Bertz CT molecular complexity index is 675. The van der Waals surface area contributed by atoms with Crippen LogP contribution in [-0.2, 0) is 20.8 Å². The van der Waals surface area contributed by atoms with Crippen molar-refractivity contribution in [3.63, 3.8) is 0 Å². The van der Waals surface area contributed by atoms with Crippen molar-refractivity contribution in [3.05, 3.63) is 28.2 Å². The van der Waals surface area contributed by atoms with Crippen LogP contribution >= 0.6 is 15.9 Å². The van der Waals surface area contributed by atoms with Crippen LogP contribution in [0, 0.1) is 5.92 Å². The van der Waals surface area contributed by atoms with Crippen LogP contribution in [0.4, 0.5) is 0 Å². The molecule has 0 aliphatic heterocycles. The number of nitrogens with one attached hydrogen (secondary N) is 3. The van der Waals surface area contributed by atoms with Crippen molar-refractivity contribution in [2.75, 3.05) is 13.2 Å². The summed E-state index contributed by atoms with van der Waals surface area (Å²) in [7, 11) is 0. The Hall–Kier alpha value is -2.09. The third-order valence-corrected chi connectivity index (χ3v) is 5.12. The Labute approximate surface area is 167 Å². The second-order valence-electron chi connectivity index (χ2n) is 6.56. The molecule has 0 aromatic heterocycles. The van der Waals surface area contributed by atoms with Crippen LogP contribution in [0.25, 0.3) is 0 Å². The first kappa shape index (κ1) is 21.2. The highest BCUT2D eigenvalue weighted by atomic mass is 79.9. The third kappa shape index (κ3) is 7.21. The fraction of sp³-hybridized carbons (Fsp3) is 0.526. The van der Waals surface area contributed by atoms with Crippen molar-refractivity contribution in [2.45, 2.75) is 45.4 Å². The molecule has 0 radical (unpaired) electrons. The van der Waals surface area contributed by atoms with E-state index < -0.39 is 11.8 Å². The van der Waals surface area contributed by atoms with Crippen LogP contribution in [0.5, 0.6) is 5.75 Å². The van der Waals surface area contributed by atoms with Crippen LogP contribution in [0.1, 0.15) is 44.6 Å². The maximum absolute atomic E-state index is 12.0. The zero-order valence-corrected chi connectivity index (χ0v) is 17.1. The number of amides is 3. The van der Waals surface area contributed by atoms with Gasteiger partial charge in [-0.25, -0.2) is 0 Å². The number of benzene rings is 1. The van der Waals surface area contributed by atoms with Crippen molar-refractivity contribution in [1.82, 2.24) is 16.2 Å². The highest BCUT2D eigenvalue weighted by molar-refractivity contribution is 9.10. The molecule has 1 aliphatic carbocycles. The molecule has 0 unspecified atom stereocenters. The summed E-state index contributed by atoms with van der Waals surface area (Å²) in [6.45, 7) is 1.65. The molecule has 1 aliphatic rings. The summed E-state index contributed by atoms with van der Waals surface area (Å²) in [4.78, 5) is 35.5. The summed E-state index contributed by atoms with van der Waals surface area (Å²) in [5, 5.41) is 2.61. The second-order valence-corrected chi connectivity index (χ2v) is 7.41. The van der Waals surface area contributed by atoms with E-state index in [0.29, 0.717) is 5.75 Å². The first-order chi connectivity index (χ1) is 13.0. The lowest BCUT2D eigenvalue weighted by atomic mass is 9.89. The average molecular weight is 440 g/mol. The maximum atomic E-state index is 12.0. The number of ether oxygens (including phenoxy) is 1. The molecule has 1 fully saturated rings. The van der Waals surface area contributed by atoms with E-state index in [0.717, 1.165) is 48.6 Å². The van der Waals surface area contributed by atoms with E-state index in [2.05, 4.69) is 39.0 Å². The lowest BCUT2D eigenvalue weighted by Crippen LogP contribution is -2.48. The van der Waals surface area contributed by atoms with Crippen molar-refractivity contribution >= 4 is 33.7 Å². The SMILES string of the molecule is CCc1ccc(OCC(=O)NNC(=O)CNC(=O)C2CCCCC2)c(Br)c1. The molecule has 0 atom stereocenters. The van der Waals surface area contributed by atoms with Gasteiger partial charge in [0.2, 0.25) is 5.91 Å². The standard InChI is InChI=1S/C19H26BrN3O4/c1-2-13-8-9-16(15(20)10-13)27-12-18(25)23-22-17(24)11-21-19(26)14-6-4-3-5-7-14/h8-10,14H,2-7,11-12H2,1H3,(H,21,26)(H,22,24)(H,23,25). The molecule has 27 heavy (non-hydrogen) atoms. The summed E-state index contributed by atoms with van der Waals surface area (Å²) in [6, 6.07) is 5.65. The van der Waals surface area contributed by atoms with Crippen molar-refractivity contribution in [3.8, 4) is 5.75 Å². The van der Waals surface area contributed by atoms with Crippen molar-refractivity contribution in [1.29, 1.82) is 0 Å². The van der Waals surface area contributed by atoms with Gasteiger partial charge in [0.1, 0.15) is 5.75 Å². The van der Waals surface area contributed by atoms with Crippen LogP contribution in [-0.4, -0.2) is 30.9 Å². The van der Waals surface area contributed by atoms with E-state index in [4.69, 9.17) is 4.74 Å². The van der Waals surface area contributed by atoms with E-state index >= 15 is 0 Å². The molecule has 2 rings (SSSR count). The van der Waals surface area contributed by atoms with E-state index in [9.17, 15) is 14.4 Å². The van der Waals surface area contributed by atoms with Gasteiger partial charge in [0, 0.05) is 5.92 Å². The van der Waals surface area contributed by atoms with Gasteiger partial charge in [0.25, 0.3) is 11.8 Å². The number of carbonyl (C=O) groups excluding carboxylic acids is 3. The Kier molecular flexibility index (Phi) is 8.57. The number of aryl methyl sites for hydroxylation is 1. The summed E-state index contributed by atoms with van der Waals surface area (Å²) >= 11 is 3.40. The van der Waals surface area contributed by atoms with E-state index in [1.165, 1.54) is 0 Å². The predicted molar refractivity (Wildman–Crippen MR) is 105 cm³/mol. The molecular formula is C19H26BrN3O4. The topological polar surface area (TPSA) is 96.5 Å². The van der Waals surface area contributed by atoms with Gasteiger partial charge in [-0.1, -0.05) is 32.3 Å². The molecular weight excluding hydrogens is 414 g/mol. The summed E-state index contributed by atoms with van der Waals surface area (Å²) < 4.78 is 6.20. The largest absolute Gasteiger partial charge is 0.483 e. The molecule has 7 nitrogen and oxygen atoms in total. The molecule has 0 spiro atoms. The van der Waals surface area contributed by atoms with Gasteiger partial charge in [-0.05, 0) is 52.9 Å². The van der Waals surface area contributed by atoms with Crippen LogP contribution in [0.2, 0.25) is 0 Å². The molecule has 8 heteroatoms. The number of halogens is 1. The third-order valence-electron chi connectivity index (χ3n) is 4.50. The Morgan fingerprint density at radius 3 is 2.48 bits per heavy atom. The molecule has 1 aromatic rings. The minimum Gasteiger partial charge on any atom is -0.483 e. The monoisotopic (exact) mass is 439 g/mol. The number of hydrogen-bond acceptors (Lipinski definition) is 4. The summed E-state index contributed by atoms with van der Waals surface area (Å²) in [6.07, 6.45) is 5.92. The first-order valence-corrected chi connectivity index (χ1v) is 10.1. The van der Waals surface area contributed by atoms with E-state index in [1.807, 2.05) is 12.1 Å². The predicted octanol–water partition coefficient (Wildman–Crippen LogP) is 2.23. The number of hydrazine groups is 1. The van der Waals surface area contributed by atoms with Gasteiger partial charge < -0.3 is 10.1 Å². The highest BCUT2D eigenvalue weighted by Crippen LogP contribution is 2.26. The Morgan fingerprint density at radius 1 is 1.11 bits per heavy atom. The summed E-state index contributed by atoms with van der Waals surface area (Å²) in [5.41, 5.74) is 5.69.